The van der Waals surface area contributed by atoms with Crippen molar-refractivity contribution in [3.63, 3.8) is 0 Å². The van der Waals surface area contributed by atoms with Gasteiger partial charge in [-0.05, 0) is 37.5 Å². The van der Waals surface area contributed by atoms with Gasteiger partial charge in [-0.3, -0.25) is 4.79 Å². The molecule has 2 aliphatic rings. The minimum absolute atomic E-state index is 0.0646. The molecule has 2 aliphatic heterocycles. The predicted molar refractivity (Wildman–Crippen MR) is 75.6 cm³/mol. The Morgan fingerprint density at radius 3 is 2.80 bits per heavy atom. The quantitative estimate of drug-likeness (QED) is 0.655. The monoisotopic (exact) mass is 272 g/mol. The number of fused-ring (bicyclic) bond motifs is 3. The molecule has 2 bridgehead atoms. The Labute approximate surface area is 115 Å². The third kappa shape index (κ3) is 1.84. The summed E-state index contributed by atoms with van der Waals surface area (Å²) in [6.07, 6.45) is 3.21. The van der Waals surface area contributed by atoms with E-state index >= 15 is 0 Å². The molecule has 4 N–H and O–H groups in total. The molecule has 6 nitrogen and oxygen atoms in total. The smallest absolute Gasteiger partial charge is 0.323 e. The number of hydrogen-bond acceptors (Lipinski definition) is 3. The van der Waals surface area contributed by atoms with E-state index in [1.54, 1.807) is 12.1 Å². The first kappa shape index (κ1) is 11.7. The molecule has 0 spiro atoms. The molecule has 4 rings (SSSR count). The number of imidazole rings is 1. The molecule has 104 valence electrons. The van der Waals surface area contributed by atoms with Crippen LogP contribution < -0.4 is 16.3 Å². The normalized spacial score (nSPS) is 28.1. The second-order valence-electron chi connectivity index (χ2n) is 5.72. The van der Waals surface area contributed by atoms with Gasteiger partial charge in [0.25, 0.3) is 0 Å². The standard InChI is InChI=1S/C14H16N4O2/c19-13(9-5-7-1-3-10(9)15-7)16-8-2-4-11-12(6-8)18-14(20)17-11/h2,4,6-7,9-10,15H,1,3,5H2,(H,16,19)(H2,17,18,20). The van der Waals surface area contributed by atoms with Gasteiger partial charge in [-0.15, -0.1) is 0 Å². The number of amides is 1. The van der Waals surface area contributed by atoms with Gasteiger partial charge in [-0.1, -0.05) is 0 Å². The fraction of sp³-hybridized carbons (Fsp3) is 0.429. The number of H-pyrrole nitrogens is 2. The average molecular weight is 272 g/mol. The van der Waals surface area contributed by atoms with Crippen molar-refractivity contribution in [1.82, 2.24) is 15.3 Å². The summed E-state index contributed by atoms with van der Waals surface area (Å²) in [6.45, 7) is 0. The fourth-order valence-corrected chi connectivity index (χ4v) is 3.46. The lowest BCUT2D eigenvalue weighted by Gasteiger charge is -2.19. The molecule has 2 saturated heterocycles. The third-order valence-electron chi connectivity index (χ3n) is 4.42. The maximum atomic E-state index is 12.3. The van der Waals surface area contributed by atoms with Crippen LogP contribution in [0.3, 0.4) is 0 Å². The average Bonchev–Trinajstić information content (AvgIpc) is 3.11. The topological polar surface area (TPSA) is 89.8 Å². The first-order chi connectivity index (χ1) is 9.69. The zero-order chi connectivity index (χ0) is 13.7. The molecule has 3 unspecified atom stereocenters. The molecule has 0 saturated carbocycles. The van der Waals surface area contributed by atoms with Gasteiger partial charge < -0.3 is 20.6 Å². The lowest BCUT2D eigenvalue weighted by Crippen LogP contribution is -2.32. The van der Waals surface area contributed by atoms with Gasteiger partial charge in [0.05, 0.1) is 17.0 Å². The van der Waals surface area contributed by atoms with Crippen LogP contribution in [0, 0.1) is 5.92 Å². The molecule has 1 aromatic heterocycles. The molecule has 1 amide bonds. The maximum absolute atomic E-state index is 12.3. The van der Waals surface area contributed by atoms with E-state index in [9.17, 15) is 9.59 Å². The largest absolute Gasteiger partial charge is 0.326 e. The Balaban J connectivity index is 1.54. The predicted octanol–water partition coefficient (Wildman–Crippen LogP) is 0.935. The van der Waals surface area contributed by atoms with E-state index in [1.165, 1.54) is 6.42 Å². The van der Waals surface area contributed by atoms with E-state index in [-0.39, 0.29) is 17.5 Å². The summed E-state index contributed by atoms with van der Waals surface area (Å²) in [5.74, 6) is 0.136. The Bertz CT molecular complexity index is 732. The Morgan fingerprint density at radius 1 is 1.20 bits per heavy atom. The molecule has 2 fully saturated rings. The number of nitrogens with one attached hydrogen (secondary N) is 4. The Hall–Kier alpha value is -2.08. The highest BCUT2D eigenvalue weighted by Crippen LogP contribution is 2.34. The number of anilines is 1. The summed E-state index contributed by atoms with van der Waals surface area (Å²) in [5.41, 5.74) is 1.94. The number of aromatic amines is 2. The number of rotatable bonds is 2. The van der Waals surface area contributed by atoms with Gasteiger partial charge in [0.2, 0.25) is 5.91 Å². The van der Waals surface area contributed by atoms with Crippen LogP contribution >= 0.6 is 0 Å². The van der Waals surface area contributed by atoms with Crippen LogP contribution in [-0.2, 0) is 4.79 Å². The summed E-state index contributed by atoms with van der Waals surface area (Å²) < 4.78 is 0. The molecule has 3 atom stereocenters. The Kier molecular flexibility index (Phi) is 2.47. The maximum Gasteiger partial charge on any atom is 0.323 e. The van der Waals surface area contributed by atoms with Crippen molar-refractivity contribution in [3.8, 4) is 0 Å². The molecule has 0 aliphatic carbocycles. The van der Waals surface area contributed by atoms with Crippen molar-refractivity contribution in [2.24, 2.45) is 5.92 Å². The highest BCUT2D eigenvalue weighted by Gasteiger charge is 2.42. The van der Waals surface area contributed by atoms with E-state index < -0.39 is 0 Å². The van der Waals surface area contributed by atoms with Gasteiger partial charge in [0, 0.05) is 17.8 Å². The molecule has 6 heteroatoms. The van der Waals surface area contributed by atoms with E-state index in [4.69, 9.17) is 0 Å². The lowest BCUT2D eigenvalue weighted by molar-refractivity contribution is -0.120. The Morgan fingerprint density at radius 2 is 2.05 bits per heavy atom. The molecule has 2 aromatic rings. The van der Waals surface area contributed by atoms with Crippen molar-refractivity contribution in [2.75, 3.05) is 5.32 Å². The molecule has 0 radical (unpaired) electrons. The SMILES string of the molecule is O=C(Nc1ccc2[nH]c(=O)[nH]c2c1)C1CC2CCC1N2. The number of benzene rings is 1. The van der Waals surface area contributed by atoms with Crippen LogP contribution in [0.15, 0.2) is 23.0 Å². The van der Waals surface area contributed by atoms with Crippen molar-refractivity contribution < 1.29 is 4.79 Å². The minimum atomic E-state index is -0.235. The summed E-state index contributed by atoms with van der Waals surface area (Å²) >= 11 is 0. The lowest BCUT2D eigenvalue weighted by atomic mass is 9.88. The summed E-state index contributed by atoms with van der Waals surface area (Å²) in [7, 11) is 0. The van der Waals surface area contributed by atoms with Gasteiger partial charge in [0.15, 0.2) is 0 Å². The molecule has 3 heterocycles. The van der Waals surface area contributed by atoms with Crippen LogP contribution in [0.5, 0.6) is 0 Å². The summed E-state index contributed by atoms with van der Waals surface area (Å²) in [4.78, 5) is 28.9. The molecule has 1 aromatic carbocycles. The second kappa shape index (κ2) is 4.21. The number of carbonyl (C=O) groups excluding carboxylic acids is 1. The van der Waals surface area contributed by atoms with E-state index in [2.05, 4.69) is 20.6 Å². The van der Waals surface area contributed by atoms with Crippen LogP contribution in [-0.4, -0.2) is 28.0 Å². The van der Waals surface area contributed by atoms with Gasteiger partial charge in [-0.25, -0.2) is 4.79 Å². The zero-order valence-corrected chi connectivity index (χ0v) is 10.9. The van der Waals surface area contributed by atoms with Gasteiger partial charge in [0.1, 0.15) is 0 Å². The molecular weight excluding hydrogens is 256 g/mol. The van der Waals surface area contributed by atoms with Crippen LogP contribution in [0.2, 0.25) is 0 Å². The number of carbonyl (C=O) groups is 1. The number of hydrogen-bond donors (Lipinski definition) is 4. The zero-order valence-electron chi connectivity index (χ0n) is 10.9. The van der Waals surface area contributed by atoms with E-state index in [0.29, 0.717) is 17.6 Å². The highest BCUT2D eigenvalue weighted by molar-refractivity contribution is 5.95. The van der Waals surface area contributed by atoms with Crippen molar-refractivity contribution >= 4 is 22.6 Å². The van der Waals surface area contributed by atoms with Crippen molar-refractivity contribution in [1.29, 1.82) is 0 Å². The number of aromatic nitrogens is 2. The van der Waals surface area contributed by atoms with Crippen molar-refractivity contribution in [3.05, 3.63) is 28.7 Å². The van der Waals surface area contributed by atoms with E-state index in [0.717, 1.165) is 24.0 Å². The fourth-order valence-electron chi connectivity index (χ4n) is 3.46. The van der Waals surface area contributed by atoms with Gasteiger partial charge in [-0.2, -0.15) is 0 Å². The second-order valence-corrected chi connectivity index (χ2v) is 5.72. The molecule has 20 heavy (non-hydrogen) atoms. The minimum Gasteiger partial charge on any atom is -0.326 e. The first-order valence-corrected chi connectivity index (χ1v) is 6.98. The highest BCUT2D eigenvalue weighted by atomic mass is 16.2. The van der Waals surface area contributed by atoms with E-state index in [1.807, 2.05) is 6.07 Å². The van der Waals surface area contributed by atoms with Crippen LogP contribution in [0.25, 0.3) is 11.0 Å². The summed E-state index contributed by atoms with van der Waals surface area (Å²) in [5, 5.41) is 6.42. The third-order valence-corrected chi connectivity index (χ3v) is 4.42. The van der Waals surface area contributed by atoms with Crippen molar-refractivity contribution in [2.45, 2.75) is 31.3 Å². The van der Waals surface area contributed by atoms with Crippen LogP contribution in [0.1, 0.15) is 19.3 Å². The van der Waals surface area contributed by atoms with Crippen LogP contribution in [0.4, 0.5) is 5.69 Å². The summed E-state index contributed by atoms with van der Waals surface area (Å²) in [6, 6.07) is 6.23. The molecular formula is C14H16N4O2. The first-order valence-electron chi connectivity index (χ1n) is 6.98. The van der Waals surface area contributed by atoms with Gasteiger partial charge >= 0.3 is 5.69 Å².